The van der Waals surface area contributed by atoms with Crippen LogP contribution in [0.2, 0.25) is 0 Å². The number of aromatic nitrogens is 4. The van der Waals surface area contributed by atoms with Gasteiger partial charge in [-0.25, -0.2) is 15.0 Å². The van der Waals surface area contributed by atoms with Crippen LogP contribution in [0.15, 0.2) is 12.7 Å². The first kappa shape index (κ1) is 11.7. The highest BCUT2D eigenvalue weighted by Gasteiger charge is 2.19. The Bertz CT molecular complexity index is 562. The van der Waals surface area contributed by atoms with Gasteiger partial charge in [-0.15, -0.1) is 0 Å². The molecule has 8 nitrogen and oxygen atoms in total. The van der Waals surface area contributed by atoms with Crippen molar-refractivity contribution in [2.45, 2.75) is 19.1 Å². The summed E-state index contributed by atoms with van der Waals surface area (Å²) in [5.74, 6) is 0.345. The minimum absolute atomic E-state index is 0.170. The molecule has 0 spiro atoms. The average Bonchev–Trinajstić information content (AvgIpc) is 2.74. The molecule has 2 N–H and O–H groups in total. The van der Waals surface area contributed by atoms with E-state index in [-0.39, 0.29) is 6.10 Å². The molecule has 18 heavy (non-hydrogen) atoms. The van der Waals surface area contributed by atoms with E-state index < -0.39 is 8.60 Å². The molecule has 96 valence electrons. The lowest BCUT2D eigenvalue weighted by Gasteiger charge is -2.33. The van der Waals surface area contributed by atoms with Crippen LogP contribution in [-0.2, 0) is 15.6 Å². The maximum absolute atomic E-state index is 11.2. The number of hydrogen-bond donors (Lipinski definition) is 1. The van der Waals surface area contributed by atoms with Gasteiger partial charge in [-0.3, -0.25) is 0 Å². The predicted octanol–water partition coefficient (Wildman–Crippen LogP) is -0.199. The monoisotopic (exact) mass is 268 g/mol. The van der Waals surface area contributed by atoms with Gasteiger partial charge in [-0.2, -0.15) is 0 Å². The van der Waals surface area contributed by atoms with Crippen LogP contribution in [0.4, 0.5) is 5.82 Å². The quantitative estimate of drug-likeness (QED) is 0.750. The van der Waals surface area contributed by atoms with Gasteiger partial charge in [-0.1, -0.05) is 0 Å². The van der Waals surface area contributed by atoms with Gasteiger partial charge >= 0.3 is 0 Å². The Kier molecular flexibility index (Phi) is 3.09. The van der Waals surface area contributed by atoms with E-state index in [1.807, 2.05) is 4.57 Å². The first-order chi connectivity index (χ1) is 8.74. The van der Waals surface area contributed by atoms with Crippen LogP contribution < -0.4 is 10.6 Å². The molecular formula is C9H11N5O3P-. The average molecular weight is 268 g/mol. The summed E-state index contributed by atoms with van der Waals surface area (Å²) in [7, 11) is -2.00. The van der Waals surface area contributed by atoms with Gasteiger partial charge in [0.05, 0.1) is 34.2 Å². The maximum atomic E-state index is 11.2. The second-order valence-corrected chi connectivity index (χ2v) is 4.82. The topological polar surface area (TPSA) is 111 Å². The van der Waals surface area contributed by atoms with E-state index in [1.54, 1.807) is 6.33 Å². The Morgan fingerprint density at radius 1 is 1.50 bits per heavy atom. The molecule has 0 aromatic carbocycles. The second-order valence-electron chi connectivity index (χ2n) is 3.90. The minimum Gasteiger partial charge on any atom is -0.786 e. The van der Waals surface area contributed by atoms with E-state index >= 15 is 0 Å². The van der Waals surface area contributed by atoms with Gasteiger partial charge < -0.3 is 24.2 Å². The first-order valence-electron chi connectivity index (χ1n) is 5.42. The molecule has 1 fully saturated rings. The largest absolute Gasteiger partial charge is 0.786 e. The molecule has 1 aliphatic heterocycles. The third-order valence-electron chi connectivity index (χ3n) is 2.70. The van der Waals surface area contributed by atoms with Crippen LogP contribution in [0, 0.1) is 0 Å². The third kappa shape index (κ3) is 2.15. The second kappa shape index (κ2) is 4.74. The van der Waals surface area contributed by atoms with Crippen molar-refractivity contribution in [3.63, 3.8) is 0 Å². The molecule has 1 saturated heterocycles. The number of nitrogen functional groups attached to an aromatic ring is 1. The smallest absolute Gasteiger partial charge is 0.165 e. The summed E-state index contributed by atoms with van der Waals surface area (Å²) in [6.07, 6.45) is 3.53. The lowest BCUT2D eigenvalue weighted by molar-refractivity contribution is -0.216. The van der Waals surface area contributed by atoms with Gasteiger partial charge in [0.25, 0.3) is 0 Å². The summed E-state index contributed by atoms with van der Waals surface area (Å²) < 4.78 is 11.9. The van der Waals surface area contributed by atoms with Crippen LogP contribution in [0.25, 0.3) is 11.2 Å². The van der Waals surface area contributed by atoms with Crippen molar-refractivity contribution in [3.05, 3.63) is 12.7 Å². The Hall–Kier alpha value is -1.34. The Morgan fingerprint density at radius 3 is 3.22 bits per heavy atom. The molecule has 0 aliphatic carbocycles. The number of hydrogen-bond acceptors (Lipinski definition) is 7. The molecule has 3 rings (SSSR count). The highest BCUT2D eigenvalue weighted by Crippen LogP contribution is 2.35. The molecule has 3 heterocycles. The molecule has 1 unspecified atom stereocenters. The van der Waals surface area contributed by atoms with Crippen molar-refractivity contribution >= 4 is 25.6 Å². The van der Waals surface area contributed by atoms with Crippen molar-refractivity contribution in [2.75, 3.05) is 12.3 Å². The van der Waals surface area contributed by atoms with Crippen LogP contribution in [-0.4, -0.2) is 32.2 Å². The highest BCUT2D eigenvalue weighted by molar-refractivity contribution is 7.39. The SMILES string of the molecule is Nc1ncnc2c1ncn2C[C@@H]1CCOP([O-])O1. The fourth-order valence-corrected chi connectivity index (χ4v) is 2.57. The summed E-state index contributed by atoms with van der Waals surface area (Å²) in [4.78, 5) is 23.3. The van der Waals surface area contributed by atoms with Crippen LogP contribution >= 0.6 is 8.60 Å². The molecule has 0 amide bonds. The standard InChI is InChI=1S/C9H11N5O3P/c10-8-7-9(12-4-11-8)14(5-13-7)3-6-1-2-16-18(15)17-6/h4-6H,1-3H2,(H2,10,11,12)/q-1/t6-,18?/m0/s1. The summed E-state index contributed by atoms with van der Waals surface area (Å²) in [5, 5.41) is 0. The number of rotatable bonds is 2. The van der Waals surface area contributed by atoms with Crippen LogP contribution in [0.1, 0.15) is 6.42 Å². The van der Waals surface area contributed by atoms with Gasteiger partial charge in [-0.05, 0) is 6.42 Å². The van der Waals surface area contributed by atoms with Gasteiger partial charge in [0.15, 0.2) is 11.5 Å². The molecule has 9 heteroatoms. The predicted molar refractivity (Wildman–Crippen MR) is 62.1 cm³/mol. The molecule has 2 aromatic heterocycles. The lowest BCUT2D eigenvalue weighted by atomic mass is 10.2. The molecule has 2 aromatic rings. The van der Waals surface area contributed by atoms with E-state index in [2.05, 4.69) is 15.0 Å². The van der Waals surface area contributed by atoms with Crippen LogP contribution in [0.3, 0.4) is 0 Å². The van der Waals surface area contributed by atoms with E-state index in [9.17, 15) is 4.89 Å². The van der Waals surface area contributed by atoms with Crippen molar-refractivity contribution in [1.82, 2.24) is 19.5 Å². The molecule has 1 aliphatic rings. The molecular weight excluding hydrogens is 257 g/mol. The van der Waals surface area contributed by atoms with E-state index in [4.69, 9.17) is 14.8 Å². The Morgan fingerprint density at radius 2 is 2.39 bits per heavy atom. The number of anilines is 1. The minimum atomic E-state index is -2.00. The van der Waals surface area contributed by atoms with Crippen molar-refractivity contribution in [1.29, 1.82) is 0 Å². The fraction of sp³-hybridized carbons (Fsp3) is 0.444. The molecule has 0 saturated carbocycles. The Balaban J connectivity index is 1.84. The molecule has 0 radical (unpaired) electrons. The third-order valence-corrected chi connectivity index (χ3v) is 3.57. The fourth-order valence-electron chi connectivity index (χ4n) is 1.84. The molecule has 2 atom stereocenters. The van der Waals surface area contributed by atoms with Crippen molar-refractivity contribution in [3.8, 4) is 0 Å². The van der Waals surface area contributed by atoms with Gasteiger partial charge in [0.1, 0.15) is 11.8 Å². The Labute approximate surface area is 104 Å². The van der Waals surface area contributed by atoms with E-state index in [1.165, 1.54) is 6.33 Å². The summed E-state index contributed by atoms with van der Waals surface area (Å²) in [6, 6.07) is 0. The lowest BCUT2D eigenvalue weighted by Crippen LogP contribution is -2.26. The zero-order valence-electron chi connectivity index (χ0n) is 9.39. The zero-order valence-corrected chi connectivity index (χ0v) is 10.3. The highest BCUT2D eigenvalue weighted by atomic mass is 31.2. The normalized spacial score (nSPS) is 24.5. The first-order valence-corrected chi connectivity index (χ1v) is 6.52. The number of imidazole rings is 1. The van der Waals surface area contributed by atoms with E-state index in [0.717, 1.165) is 0 Å². The number of nitrogens with zero attached hydrogens (tertiary/aromatic N) is 4. The summed E-state index contributed by atoms with van der Waals surface area (Å²) in [6.45, 7) is 0.945. The maximum Gasteiger partial charge on any atom is 0.165 e. The molecule has 0 bridgehead atoms. The van der Waals surface area contributed by atoms with Crippen LogP contribution in [0.5, 0.6) is 0 Å². The van der Waals surface area contributed by atoms with Gasteiger partial charge in [0, 0.05) is 0 Å². The van der Waals surface area contributed by atoms with Crippen molar-refractivity contribution < 1.29 is 13.9 Å². The number of fused-ring (bicyclic) bond motifs is 1. The zero-order chi connectivity index (χ0) is 12.5. The van der Waals surface area contributed by atoms with Crippen molar-refractivity contribution in [2.24, 2.45) is 0 Å². The summed E-state index contributed by atoms with van der Waals surface area (Å²) >= 11 is 0. The summed E-state index contributed by atoms with van der Waals surface area (Å²) in [5.41, 5.74) is 6.91. The number of nitrogens with two attached hydrogens (primary N) is 1. The van der Waals surface area contributed by atoms with E-state index in [0.29, 0.717) is 36.6 Å². The van der Waals surface area contributed by atoms with Gasteiger partial charge in [0.2, 0.25) is 0 Å².